The highest BCUT2D eigenvalue weighted by Crippen LogP contribution is 2.93. The van der Waals surface area contributed by atoms with E-state index < -0.39 is 0 Å². The lowest BCUT2D eigenvalue weighted by Crippen LogP contribution is -2.49. The Balaban J connectivity index is 1.31. The summed E-state index contributed by atoms with van der Waals surface area (Å²) < 4.78 is 0. The van der Waals surface area contributed by atoms with Crippen LogP contribution in [0.3, 0.4) is 0 Å². The van der Waals surface area contributed by atoms with Crippen molar-refractivity contribution in [3.63, 3.8) is 0 Å². The van der Waals surface area contributed by atoms with Gasteiger partial charge in [0.2, 0.25) is 0 Å². The first kappa shape index (κ1) is 15.0. The van der Waals surface area contributed by atoms with E-state index >= 15 is 0 Å². The molecular weight excluding hydrogens is 367 g/mol. The maximum absolute atomic E-state index is 13.4. The van der Waals surface area contributed by atoms with Crippen molar-refractivity contribution in [2.75, 3.05) is 18.8 Å². The van der Waals surface area contributed by atoms with Gasteiger partial charge in [0.1, 0.15) is 0 Å². The normalized spacial score (nSPS) is 51.1. The number of anilines is 1. The lowest BCUT2D eigenvalue weighted by molar-refractivity contribution is -0.0289. The highest BCUT2D eigenvalue weighted by atomic mass is 35.5. The number of likely N-dealkylation sites (tertiary alicyclic amines) is 1. The van der Waals surface area contributed by atoms with Gasteiger partial charge in [0.15, 0.2) is 0 Å². The van der Waals surface area contributed by atoms with Gasteiger partial charge in [-0.15, -0.1) is 0 Å². The summed E-state index contributed by atoms with van der Waals surface area (Å²) in [6, 6.07) is 3.39. The van der Waals surface area contributed by atoms with E-state index in [-0.39, 0.29) is 5.91 Å². The number of rotatable bonds is 1. The van der Waals surface area contributed by atoms with Crippen LogP contribution in [0.15, 0.2) is 12.1 Å². The van der Waals surface area contributed by atoms with Gasteiger partial charge in [-0.05, 0) is 73.3 Å². The average Bonchev–Trinajstić information content (AvgIpc) is 3.40. The summed E-state index contributed by atoms with van der Waals surface area (Å²) >= 11 is 12.4. The van der Waals surface area contributed by atoms with Crippen molar-refractivity contribution >= 4 is 34.8 Å². The number of nitrogens with zero attached hydrogens (tertiary/aromatic N) is 1. The second-order valence-corrected chi connectivity index (χ2v) is 10.6. The molecule has 1 aromatic rings. The Morgan fingerprint density at radius 1 is 0.923 bits per heavy atom. The van der Waals surface area contributed by atoms with Crippen molar-refractivity contribution < 1.29 is 4.79 Å². The lowest BCUT2D eigenvalue weighted by atomic mass is 9.52. The fourth-order valence-electron chi connectivity index (χ4n) is 9.94. The number of benzene rings is 1. The van der Waals surface area contributed by atoms with Crippen LogP contribution in [0, 0.1) is 46.3 Å². The van der Waals surface area contributed by atoms with Crippen molar-refractivity contribution in [2.45, 2.75) is 25.7 Å². The van der Waals surface area contributed by atoms with Crippen molar-refractivity contribution in [1.29, 1.82) is 0 Å². The third kappa shape index (κ3) is 1.22. The highest BCUT2D eigenvalue weighted by Gasteiger charge is 2.92. The predicted octanol–water partition coefficient (Wildman–Crippen LogP) is 4.33. The standard InChI is InChI=1S/C21H22Cl2N2O/c22-14-5-9(6-15(23)18(14)24)19(26)25-7-20-10-1-2-11-16(10)17-12(20)3-4-13(17)21(11,20)8-25/h5-6,10-13,16-17H,1-4,7-8,24H2. The summed E-state index contributed by atoms with van der Waals surface area (Å²) in [5.41, 5.74) is 7.70. The van der Waals surface area contributed by atoms with Crippen LogP contribution in [0.5, 0.6) is 0 Å². The molecule has 1 heterocycles. The molecule has 2 spiro atoms. The number of carbonyl (C=O) groups excluding carboxylic acids is 1. The van der Waals surface area contributed by atoms with Crippen LogP contribution in [-0.2, 0) is 0 Å². The second-order valence-electron chi connectivity index (χ2n) is 9.83. The molecule has 7 fully saturated rings. The van der Waals surface area contributed by atoms with Crippen LogP contribution in [0.1, 0.15) is 36.0 Å². The van der Waals surface area contributed by atoms with Gasteiger partial charge in [-0.2, -0.15) is 0 Å². The Morgan fingerprint density at radius 3 is 1.77 bits per heavy atom. The zero-order valence-corrected chi connectivity index (χ0v) is 16.1. The molecular formula is C21H22Cl2N2O. The van der Waals surface area contributed by atoms with E-state index in [1.54, 1.807) is 12.1 Å². The van der Waals surface area contributed by atoms with E-state index in [1.807, 2.05) is 0 Å². The second kappa shape index (κ2) is 4.22. The van der Waals surface area contributed by atoms with Crippen LogP contribution in [0.2, 0.25) is 10.0 Å². The molecule has 2 N–H and O–H groups in total. The molecule has 5 heteroatoms. The summed E-state index contributed by atoms with van der Waals surface area (Å²) in [7, 11) is 0. The Bertz CT molecular complexity index is 813. The molecule has 26 heavy (non-hydrogen) atoms. The van der Waals surface area contributed by atoms with E-state index in [9.17, 15) is 4.79 Å². The van der Waals surface area contributed by atoms with Crippen LogP contribution in [-0.4, -0.2) is 23.9 Å². The summed E-state index contributed by atoms with van der Waals surface area (Å²) in [5.74, 6) is 5.70. The third-order valence-corrected chi connectivity index (χ3v) is 10.5. The quantitative estimate of drug-likeness (QED) is 0.727. The monoisotopic (exact) mass is 388 g/mol. The molecule has 1 aliphatic heterocycles. The van der Waals surface area contributed by atoms with Gasteiger partial charge in [0.25, 0.3) is 5.91 Å². The van der Waals surface area contributed by atoms with E-state index in [2.05, 4.69) is 4.90 Å². The Labute approximate surface area is 163 Å². The minimum Gasteiger partial charge on any atom is -0.396 e. The Morgan fingerprint density at radius 2 is 1.35 bits per heavy atom. The van der Waals surface area contributed by atoms with Gasteiger partial charge in [0.05, 0.1) is 15.7 Å². The van der Waals surface area contributed by atoms with Gasteiger partial charge >= 0.3 is 0 Å². The minimum absolute atomic E-state index is 0.0950. The fraction of sp³-hybridized carbons (Fsp3) is 0.667. The molecule has 136 valence electrons. The van der Waals surface area contributed by atoms with Crippen LogP contribution < -0.4 is 5.73 Å². The number of halogens is 2. The van der Waals surface area contributed by atoms with Gasteiger partial charge in [-0.1, -0.05) is 23.2 Å². The summed E-state index contributed by atoms with van der Waals surface area (Å²) in [4.78, 5) is 15.5. The third-order valence-electron chi connectivity index (χ3n) is 9.91. The van der Waals surface area contributed by atoms with Crippen molar-refractivity contribution in [3.05, 3.63) is 27.7 Å². The molecule has 1 saturated heterocycles. The number of nitrogens with two attached hydrogens (primary N) is 1. The fourth-order valence-corrected chi connectivity index (χ4v) is 10.4. The zero-order chi connectivity index (χ0) is 17.6. The molecule has 1 aromatic carbocycles. The molecule has 4 atom stereocenters. The first-order valence-electron chi connectivity index (χ1n) is 10.0. The number of hydrogen-bond acceptors (Lipinski definition) is 2. The molecule has 8 bridgehead atoms. The van der Waals surface area contributed by atoms with Crippen molar-refractivity contribution in [3.8, 4) is 0 Å². The number of hydrogen-bond donors (Lipinski definition) is 1. The molecule has 6 saturated carbocycles. The van der Waals surface area contributed by atoms with Gasteiger partial charge in [-0.25, -0.2) is 0 Å². The summed E-state index contributed by atoms with van der Waals surface area (Å²) in [5, 5.41) is 0.752. The predicted molar refractivity (Wildman–Crippen MR) is 101 cm³/mol. The maximum Gasteiger partial charge on any atom is 0.253 e. The van der Waals surface area contributed by atoms with Crippen molar-refractivity contribution in [1.82, 2.24) is 4.90 Å². The first-order valence-corrected chi connectivity index (χ1v) is 10.8. The summed E-state index contributed by atoms with van der Waals surface area (Å²) in [6.07, 6.45) is 5.66. The van der Waals surface area contributed by atoms with Gasteiger partial charge in [-0.3, -0.25) is 4.79 Å². The summed E-state index contributed by atoms with van der Waals surface area (Å²) in [6.45, 7) is 1.95. The maximum atomic E-state index is 13.4. The van der Waals surface area contributed by atoms with Gasteiger partial charge in [0, 0.05) is 29.5 Å². The first-order chi connectivity index (χ1) is 12.5. The molecule has 0 radical (unpaired) electrons. The SMILES string of the molecule is Nc1c(Cl)cc(C(=O)N2CC34C5CCC6C5C5C3CCC5C64C2)cc1Cl. The van der Waals surface area contributed by atoms with E-state index in [0.717, 1.165) is 48.6 Å². The largest absolute Gasteiger partial charge is 0.396 e. The minimum atomic E-state index is 0.0950. The molecule has 0 aromatic heterocycles. The van der Waals surface area contributed by atoms with E-state index in [1.165, 1.54) is 25.7 Å². The van der Waals surface area contributed by atoms with Crippen LogP contribution in [0.25, 0.3) is 0 Å². The highest BCUT2D eigenvalue weighted by molar-refractivity contribution is 6.39. The van der Waals surface area contributed by atoms with Crippen molar-refractivity contribution in [2.24, 2.45) is 46.3 Å². The number of carbonyl (C=O) groups is 1. The van der Waals surface area contributed by atoms with E-state index in [0.29, 0.717) is 32.1 Å². The van der Waals surface area contributed by atoms with Crippen LogP contribution >= 0.6 is 23.2 Å². The molecule has 7 aliphatic rings. The molecule has 4 unspecified atom stereocenters. The number of amides is 1. The Hall–Kier alpha value is -0.930. The Kier molecular flexibility index (Phi) is 2.44. The van der Waals surface area contributed by atoms with Gasteiger partial charge < -0.3 is 10.6 Å². The average molecular weight is 389 g/mol. The number of nitrogen functional groups attached to an aromatic ring is 1. The van der Waals surface area contributed by atoms with Crippen LogP contribution in [0.4, 0.5) is 5.69 Å². The molecule has 6 aliphatic carbocycles. The molecule has 3 nitrogen and oxygen atoms in total. The van der Waals surface area contributed by atoms with E-state index in [4.69, 9.17) is 28.9 Å². The topological polar surface area (TPSA) is 46.3 Å². The lowest BCUT2D eigenvalue weighted by Gasteiger charge is -2.51. The smallest absolute Gasteiger partial charge is 0.253 e. The zero-order valence-electron chi connectivity index (χ0n) is 14.6. The molecule has 8 rings (SSSR count). The molecule has 1 amide bonds.